The molecule has 2 N–H and O–H groups in total. The van der Waals surface area contributed by atoms with Gasteiger partial charge in [0.15, 0.2) is 0 Å². The lowest BCUT2D eigenvalue weighted by molar-refractivity contribution is 1.20. The molecule has 0 saturated heterocycles. The van der Waals surface area contributed by atoms with Crippen LogP contribution in [0.1, 0.15) is 13.8 Å². The van der Waals surface area contributed by atoms with Crippen LogP contribution in [0.4, 0.5) is 0 Å². The predicted molar refractivity (Wildman–Crippen MR) is 60.7 cm³/mol. The van der Waals surface area contributed by atoms with Crippen LogP contribution in [-0.4, -0.2) is 18.7 Å². The van der Waals surface area contributed by atoms with Gasteiger partial charge in [-0.25, -0.2) is 4.99 Å². The second-order valence-electron chi connectivity index (χ2n) is 1.71. The normalized spacial score (nSPS) is 10.6. The summed E-state index contributed by atoms with van der Waals surface area (Å²) in [5.41, 5.74) is 6.43. The molecule has 0 amide bonds. The van der Waals surface area contributed by atoms with Gasteiger partial charge in [0.25, 0.3) is 0 Å². The van der Waals surface area contributed by atoms with E-state index in [0.29, 0.717) is 5.82 Å². The number of thioether (sulfide) groups is 1. The van der Waals surface area contributed by atoms with E-state index in [1.165, 1.54) is 0 Å². The molecule has 0 aromatic heterocycles. The lowest BCUT2D eigenvalue weighted by atomic mass is 10.3. The Bertz CT molecular complexity index is 162. The predicted octanol–water partition coefficient (Wildman–Crippen LogP) is 2.43. The Morgan fingerprint density at radius 3 is 2.33 bits per heavy atom. The zero-order chi connectivity index (χ0) is 9.98. The Labute approximate surface area is 79.6 Å². The second-order valence-corrected chi connectivity index (χ2v) is 2.57. The number of nitrogens with two attached hydrogens (primary N) is 1. The highest BCUT2D eigenvalue weighted by Crippen LogP contribution is 2.07. The van der Waals surface area contributed by atoms with Crippen molar-refractivity contribution in [3.05, 3.63) is 24.0 Å². The highest BCUT2D eigenvalue weighted by atomic mass is 32.2. The molecule has 0 aliphatic carbocycles. The highest BCUT2D eigenvalue weighted by molar-refractivity contribution is 7.98. The van der Waals surface area contributed by atoms with Gasteiger partial charge in [-0.1, -0.05) is 26.5 Å². The van der Waals surface area contributed by atoms with Crippen LogP contribution < -0.4 is 5.73 Å². The van der Waals surface area contributed by atoms with Crippen LogP contribution in [0.15, 0.2) is 29.0 Å². The Hall–Kier alpha value is -0.700. The minimum atomic E-state index is 0.476. The SMILES string of the molecule is C=C/C(CSC)=C(/N)N=C.CC. The van der Waals surface area contributed by atoms with E-state index >= 15 is 0 Å². The first kappa shape index (κ1) is 13.9. The summed E-state index contributed by atoms with van der Waals surface area (Å²) in [4.78, 5) is 3.60. The van der Waals surface area contributed by atoms with Crippen LogP contribution in [0.2, 0.25) is 0 Å². The summed E-state index contributed by atoms with van der Waals surface area (Å²) in [5.74, 6) is 1.32. The molecular formula is C9H18N2S. The highest BCUT2D eigenvalue weighted by Gasteiger charge is 1.94. The summed E-state index contributed by atoms with van der Waals surface area (Å²) in [6, 6.07) is 0. The van der Waals surface area contributed by atoms with E-state index in [2.05, 4.69) is 18.3 Å². The molecule has 2 nitrogen and oxygen atoms in total. The molecular weight excluding hydrogens is 168 g/mol. The van der Waals surface area contributed by atoms with E-state index in [1.807, 2.05) is 20.1 Å². The summed E-state index contributed by atoms with van der Waals surface area (Å²) in [6.45, 7) is 10.9. The third-order valence-corrected chi connectivity index (χ3v) is 1.65. The quantitative estimate of drug-likeness (QED) is 0.541. The van der Waals surface area contributed by atoms with Crippen molar-refractivity contribution in [2.24, 2.45) is 10.7 Å². The zero-order valence-electron chi connectivity index (χ0n) is 8.13. The molecule has 0 aliphatic rings. The van der Waals surface area contributed by atoms with Crippen molar-refractivity contribution in [1.29, 1.82) is 0 Å². The summed E-state index contributed by atoms with van der Waals surface area (Å²) in [5, 5.41) is 0. The van der Waals surface area contributed by atoms with E-state index in [9.17, 15) is 0 Å². The first-order valence-electron chi connectivity index (χ1n) is 3.83. The molecule has 0 spiro atoms. The van der Waals surface area contributed by atoms with Gasteiger partial charge >= 0.3 is 0 Å². The van der Waals surface area contributed by atoms with Gasteiger partial charge in [-0.05, 0) is 13.0 Å². The standard InChI is InChI=1S/C7H12N2S.C2H6/c1-4-6(5-10-3)7(8)9-2;1-2/h4H,1-2,5,8H2,3H3;1-2H3/b7-6+;. The van der Waals surface area contributed by atoms with E-state index in [4.69, 9.17) is 5.73 Å². The zero-order valence-corrected chi connectivity index (χ0v) is 8.95. The minimum absolute atomic E-state index is 0.476. The Kier molecular flexibility index (Phi) is 11.9. The smallest absolute Gasteiger partial charge is 0.126 e. The number of hydrogen-bond acceptors (Lipinski definition) is 3. The molecule has 0 rings (SSSR count). The van der Waals surface area contributed by atoms with Crippen LogP contribution in [0.3, 0.4) is 0 Å². The van der Waals surface area contributed by atoms with Crippen LogP contribution in [0.5, 0.6) is 0 Å². The summed E-state index contributed by atoms with van der Waals surface area (Å²) < 4.78 is 0. The van der Waals surface area contributed by atoms with Crippen LogP contribution in [-0.2, 0) is 0 Å². The Balaban J connectivity index is 0. The van der Waals surface area contributed by atoms with Crippen molar-refractivity contribution in [1.82, 2.24) is 0 Å². The van der Waals surface area contributed by atoms with E-state index < -0.39 is 0 Å². The van der Waals surface area contributed by atoms with Crippen molar-refractivity contribution in [3.8, 4) is 0 Å². The van der Waals surface area contributed by atoms with Gasteiger partial charge in [-0.15, -0.1) is 0 Å². The number of aliphatic imine (C=N–C) groups is 1. The third-order valence-electron chi connectivity index (χ3n) is 1.05. The van der Waals surface area contributed by atoms with E-state index in [-0.39, 0.29) is 0 Å². The van der Waals surface area contributed by atoms with Crippen molar-refractivity contribution in [2.75, 3.05) is 12.0 Å². The van der Waals surface area contributed by atoms with Gasteiger partial charge in [0.1, 0.15) is 5.82 Å². The first-order chi connectivity index (χ1) is 5.76. The fourth-order valence-corrected chi connectivity index (χ4v) is 1.07. The van der Waals surface area contributed by atoms with Crippen molar-refractivity contribution >= 4 is 18.5 Å². The maximum atomic E-state index is 5.48. The van der Waals surface area contributed by atoms with Crippen LogP contribution in [0, 0.1) is 0 Å². The van der Waals surface area contributed by atoms with Gasteiger partial charge in [-0.3, -0.25) is 0 Å². The summed E-state index contributed by atoms with van der Waals surface area (Å²) in [7, 11) is 0. The molecule has 3 heteroatoms. The molecule has 0 aromatic rings. The molecule has 0 unspecified atom stereocenters. The molecule has 0 saturated carbocycles. The van der Waals surface area contributed by atoms with Crippen LogP contribution in [0.25, 0.3) is 0 Å². The van der Waals surface area contributed by atoms with Crippen LogP contribution >= 0.6 is 11.8 Å². The van der Waals surface area contributed by atoms with E-state index in [0.717, 1.165) is 11.3 Å². The number of hydrogen-bond donors (Lipinski definition) is 1. The summed E-state index contributed by atoms with van der Waals surface area (Å²) in [6.07, 6.45) is 3.71. The molecule has 70 valence electrons. The van der Waals surface area contributed by atoms with Gasteiger partial charge in [0, 0.05) is 11.3 Å². The van der Waals surface area contributed by atoms with Crippen molar-refractivity contribution < 1.29 is 0 Å². The lowest BCUT2D eigenvalue weighted by Gasteiger charge is -1.99. The molecule has 0 bridgehead atoms. The monoisotopic (exact) mass is 186 g/mol. The fourth-order valence-electron chi connectivity index (χ4n) is 0.494. The van der Waals surface area contributed by atoms with Gasteiger partial charge in [-0.2, -0.15) is 11.8 Å². The molecule has 0 atom stereocenters. The number of allylic oxidation sites excluding steroid dienone is 1. The maximum Gasteiger partial charge on any atom is 0.126 e. The molecule has 0 aliphatic heterocycles. The Morgan fingerprint density at radius 1 is 1.58 bits per heavy atom. The first-order valence-corrected chi connectivity index (χ1v) is 5.22. The average molecular weight is 186 g/mol. The summed E-state index contributed by atoms with van der Waals surface area (Å²) >= 11 is 1.68. The van der Waals surface area contributed by atoms with E-state index in [1.54, 1.807) is 17.8 Å². The fraction of sp³-hybridized carbons (Fsp3) is 0.444. The largest absolute Gasteiger partial charge is 0.383 e. The molecule has 0 aromatic carbocycles. The lowest BCUT2D eigenvalue weighted by Crippen LogP contribution is -1.99. The molecule has 12 heavy (non-hydrogen) atoms. The van der Waals surface area contributed by atoms with Gasteiger partial charge in [0.05, 0.1) is 0 Å². The Morgan fingerprint density at radius 2 is 2.08 bits per heavy atom. The van der Waals surface area contributed by atoms with Gasteiger partial charge < -0.3 is 5.73 Å². The third kappa shape index (κ3) is 6.04. The van der Waals surface area contributed by atoms with Crippen molar-refractivity contribution in [3.63, 3.8) is 0 Å². The molecule has 0 heterocycles. The maximum absolute atomic E-state index is 5.48. The topological polar surface area (TPSA) is 38.4 Å². The van der Waals surface area contributed by atoms with Crippen molar-refractivity contribution in [2.45, 2.75) is 13.8 Å². The minimum Gasteiger partial charge on any atom is -0.383 e. The number of nitrogens with zero attached hydrogens (tertiary/aromatic N) is 1. The van der Waals surface area contributed by atoms with Gasteiger partial charge in [0.2, 0.25) is 0 Å². The average Bonchev–Trinajstić information content (AvgIpc) is 2.16. The molecule has 0 fully saturated rings. The second kappa shape index (κ2) is 10.3. The molecule has 0 radical (unpaired) electrons. The number of rotatable bonds is 4.